The van der Waals surface area contributed by atoms with Gasteiger partial charge >= 0.3 is 0 Å². The Hall–Kier alpha value is -1.47. The van der Waals surface area contributed by atoms with Crippen molar-refractivity contribution in [2.45, 2.75) is 6.04 Å². The Morgan fingerprint density at radius 1 is 1.53 bits per heavy atom. The molecule has 1 aromatic heterocycles. The molecule has 0 spiro atoms. The zero-order valence-electron chi connectivity index (χ0n) is 10.4. The van der Waals surface area contributed by atoms with Crippen molar-refractivity contribution in [3.05, 3.63) is 28.5 Å². The SMILES string of the molecule is CNC(=O)C1COCCN1C(=O)c1cncc(Br)c1. The Morgan fingerprint density at radius 2 is 2.32 bits per heavy atom. The average Bonchev–Trinajstić information content (AvgIpc) is 2.45. The fraction of sp³-hybridized carbons (Fsp3) is 0.417. The van der Waals surface area contributed by atoms with Gasteiger partial charge in [-0.3, -0.25) is 14.6 Å². The maximum Gasteiger partial charge on any atom is 0.256 e. The third-order valence-electron chi connectivity index (χ3n) is 2.89. The second-order valence-corrected chi connectivity index (χ2v) is 5.01. The van der Waals surface area contributed by atoms with Crippen molar-refractivity contribution < 1.29 is 14.3 Å². The van der Waals surface area contributed by atoms with E-state index in [2.05, 4.69) is 26.2 Å². The van der Waals surface area contributed by atoms with Crippen LogP contribution >= 0.6 is 15.9 Å². The van der Waals surface area contributed by atoms with Crippen LogP contribution < -0.4 is 5.32 Å². The lowest BCUT2D eigenvalue weighted by atomic mass is 10.1. The molecule has 0 radical (unpaired) electrons. The summed E-state index contributed by atoms with van der Waals surface area (Å²) in [6.07, 6.45) is 3.09. The van der Waals surface area contributed by atoms with Gasteiger partial charge in [0.05, 0.1) is 18.8 Å². The molecule has 1 saturated heterocycles. The van der Waals surface area contributed by atoms with Crippen molar-refractivity contribution in [1.29, 1.82) is 0 Å². The van der Waals surface area contributed by atoms with Crippen molar-refractivity contribution in [2.75, 3.05) is 26.8 Å². The first kappa shape index (κ1) is 14.0. The average molecular weight is 328 g/mol. The minimum Gasteiger partial charge on any atom is -0.377 e. The second kappa shape index (κ2) is 6.12. The summed E-state index contributed by atoms with van der Waals surface area (Å²) in [6, 6.07) is 1.09. The highest BCUT2D eigenvalue weighted by Crippen LogP contribution is 2.15. The number of carbonyl (C=O) groups is 2. The predicted octanol–water partition coefficient (Wildman–Crippen LogP) is 0.431. The summed E-state index contributed by atoms with van der Waals surface area (Å²) in [7, 11) is 1.54. The van der Waals surface area contributed by atoms with Gasteiger partial charge in [-0.25, -0.2) is 0 Å². The van der Waals surface area contributed by atoms with Crippen molar-refractivity contribution in [3.63, 3.8) is 0 Å². The number of amides is 2. The minimum absolute atomic E-state index is 0.215. The van der Waals surface area contributed by atoms with E-state index in [1.165, 1.54) is 11.1 Å². The minimum atomic E-state index is -0.592. The highest BCUT2D eigenvalue weighted by molar-refractivity contribution is 9.10. The fourth-order valence-electron chi connectivity index (χ4n) is 1.93. The largest absolute Gasteiger partial charge is 0.377 e. The van der Waals surface area contributed by atoms with Crippen LogP contribution in [0.5, 0.6) is 0 Å². The lowest BCUT2D eigenvalue weighted by Crippen LogP contribution is -2.55. The molecule has 1 aliphatic rings. The van der Waals surface area contributed by atoms with E-state index in [4.69, 9.17) is 4.74 Å². The van der Waals surface area contributed by atoms with Crippen LogP contribution in [0.4, 0.5) is 0 Å². The van der Waals surface area contributed by atoms with Crippen LogP contribution in [0, 0.1) is 0 Å². The van der Waals surface area contributed by atoms with Gasteiger partial charge in [0.1, 0.15) is 6.04 Å². The van der Waals surface area contributed by atoms with E-state index in [0.29, 0.717) is 18.7 Å². The van der Waals surface area contributed by atoms with Crippen LogP contribution in [0.15, 0.2) is 22.9 Å². The van der Waals surface area contributed by atoms with Gasteiger partial charge in [-0.2, -0.15) is 0 Å². The molecule has 19 heavy (non-hydrogen) atoms. The third kappa shape index (κ3) is 3.10. The van der Waals surface area contributed by atoms with Gasteiger partial charge in [0.2, 0.25) is 5.91 Å². The number of hydrogen-bond acceptors (Lipinski definition) is 4. The van der Waals surface area contributed by atoms with Crippen LogP contribution in [0.3, 0.4) is 0 Å². The second-order valence-electron chi connectivity index (χ2n) is 4.10. The molecule has 1 aliphatic heterocycles. The maximum absolute atomic E-state index is 12.4. The van der Waals surface area contributed by atoms with Gasteiger partial charge < -0.3 is 15.0 Å². The number of nitrogens with zero attached hydrogens (tertiary/aromatic N) is 2. The lowest BCUT2D eigenvalue weighted by Gasteiger charge is -2.34. The Morgan fingerprint density at radius 3 is 3.00 bits per heavy atom. The number of hydrogen-bond donors (Lipinski definition) is 1. The normalized spacial score (nSPS) is 19.1. The molecule has 0 aliphatic carbocycles. The standard InChI is InChI=1S/C12H14BrN3O3/c1-14-11(17)10-7-19-3-2-16(10)12(18)8-4-9(13)6-15-5-8/h4-6,10H,2-3,7H2,1H3,(H,14,17). The van der Waals surface area contributed by atoms with E-state index >= 15 is 0 Å². The van der Waals surface area contributed by atoms with E-state index in [0.717, 1.165) is 4.47 Å². The van der Waals surface area contributed by atoms with Crippen molar-refractivity contribution in [2.24, 2.45) is 0 Å². The van der Waals surface area contributed by atoms with Crippen molar-refractivity contribution >= 4 is 27.7 Å². The number of morpholine rings is 1. The summed E-state index contributed by atoms with van der Waals surface area (Å²) in [6.45, 7) is 1.04. The first-order chi connectivity index (χ1) is 9.13. The topological polar surface area (TPSA) is 71.5 Å². The monoisotopic (exact) mass is 327 g/mol. The van der Waals surface area contributed by atoms with Gasteiger partial charge in [0.15, 0.2) is 0 Å². The molecule has 102 valence electrons. The smallest absolute Gasteiger partial charge is 0.256 e. The van der Waals surface area contributed by atoms with Crippen LogP contribution in [-0.2, 0) is 9.53 Å². The van der Waals surface area contributed by atoms with Crippen LogP contribution in [0.1, 0.15) is 10.4 Å². The van der Waals surface area contributed by atoms with Gasteiger partial charge in [0.25, 0.3) is 5.91 Å². The molecule has 0 aromatic carbocycles. The summed E-state index contributed by atoms with van der Waals surface area (Å²) < 4.78 is 5.99. The Bertz CT molecular complexity index is 495. The number of pyridine rings is 1. The first-order valence-corrected chi connectivity index (χ1v) is 6.63. The highest BCUT2D eigenvalue weighted by atomic mass is 79.9. The van der Waals surface area contributed by atoms with E-state index in [1.54, 1.807) is 19.3 Å². The molecule has 7 heteroatoms. The van der Waals surface area contributed by atoms with Gasteiger partial charge in [-0.1, -0.05) is 0 Å². The summed E-state index contributed by atoms with van der Waals surface area (Å²) in [5.41, 5.74) is 0.449. The van der Waals surface area contributed by atoms with Gasteiger partial charge in [0, 0.05) is 30.5 Å². The van der Waals surface area contributed by atoms with E-state index in [9.17, 15) is 9.59 Å². The number of halogens is 1. The molecule has 1 fully saturated rings. The molecule has 1 unspecified atom stereocenters. The quantitative estimate of drug-likeness (QED) is 0.855. The zero-order chi connectivity index (χ0) is 13.8. The summed E-state index contributed by atoms with van der Waals surface area (Å²) in [5.74, 6) is -0.443. The first-order valence-electron chi connectivity index (χ1n) is 5.84. The molecule has 2 rings (SSSR count). The zero-order valence-corrected chi connectivity index (χ0v) is 12.0. The molecular weight excluding hydrogens is 314 g/mol. The number of carbonyl (C=O) groups excluding carboxylic acids is 2. The van der Waals surface area contributed by atoms with Crippen molar-refractivity contribution in [1.82, 2.24) is 15.2 Å². The molecule has 1 aromatic rings. The number of aromatic nitrogens is 1. The Kier molecular flexibility index (Phi) is 4.49. The number of ether oxygens (including phenoxy) is 1. The lowest BCUT2D eigenvalue weighted by molar-refractivity contribution is -0.130. The molecule has 0 saturated carbocycles. The van der Waals surface area contributed by atoms with Gasteiger partial charge in [-0.15, -0.1) is 0 Å². The number of likely N-dealkylation sites (N-methyl/N-ethyl adjacent to an activating group) is 1. The van der Waals surface area contributed by atoms with Crippen molar-refractivity contribution in [3.8, 4) is 0 Å². The van der Waals surface area contributed by atoms with E-state index < -0.39 is 6.04 Å². The number of nitrogens with one attached hydrogen (secondary N) is 1. The molecule has 2 amide bonds. The van der Waals surface area contributed by atoms with E-state index in [1.807, 2.05) is 0 Å². The van der Waals surface area contributed by atoms with Crippen LogP contribution in [0.2, 0.25) is 0 Å². The highest BCUT2D eigenvalue weighted by Gasteiger charge is 2.32. The molecule has 0 bridgehead atoms. The molecule has 1 atom stereocenters. The fourth-order valence-corrected chi connectivity index (χ4v) is 2.29. The van der Waals surface area contributed by atoms with Gasteiger partial charge in [-0.05, 0) is 22.0 Å². The molecular formula is C12H14BrN3O3. The van der Waals surface area contributed by atoms with Crippen LogP contribution in [-0.4, -0.2) is 54.5 Å². The third-order valence-corrected chi connectivity index (χ3v) is 3.32. The molecule has 2 heterocycles. The molecule has 1 N–H and O–H groups in total. The summed E-state index contributed by atoms with van der Waals surface area (Å²) in [5, 5.41) is 2.54. The predicted molar refractivity (Wildman–Crippen MR) is 71.6 cm³/mol. The van der Waals surface area contributed by atoms with E-state index in [-0.39, 0.29) is 18.4 Å². The maximum atomic E-state index is 12.4. The summed E-state index contributed by atoms with van der Waals surface area (Å²) in [4.78, 5) is 29.7. The molecule has 6 nitrogen and oxygen atoms in total. The number of rotatable bonds is 2. The Balaban J connectivity index is 2.22. The summed E-state index contributed by atoms with van der Waals surface area (Å²) >= 11 is 3.27. The Labute approximate surface area is 119 Å². The van der Waals surface area contributed by atoms with Crippen LogP contribution in [0.25, 0.3) is 0 Å².